The highest BCUT2D eigenvalue weighted by Gasteiger charge is 2.24. The van der Waals surface area contributed by atoms with E-state index in [0.29, 0.717) is 11.8 Å². The summed E-state index contributed by atoms with van der Waals surface area (Å²) < 4.78 is 6.16. The largest absolute Gasteiger partial charge is 0.474 e. The van der Waals surface area contributed by atoms with Crippen LogP contribution in [0.25, 0.3) is 0 Å². The average molecular weight is 419 g/mol. The van der Waals surface area contributed by atoms with Crippen molar-refractivity contribution in [3.63, 3.8) is 0 Å². The molecule has 8 heteroatoms. The van der Waals surface area contributed by atoms with Crippen LogP contribution in [0, 0.1) is 6.92 Å². The topological polar surface area (TPSA) is 85.6 Å². The van der Waals surface area contributed by atoms with E-state index in [4.69, 9.17) is 9.57 Å². The van der Waals surface area contributed by atoms with Crippen molar-refractivity contribution < 1.29 is 9.57 Å². The van der Waals surface area contributed by atoms with Gasteiger partial charge in [-0.3, -0.25) is 0 Å². The number of hydrogen-bond donors (Lipinski definition) is 0. The van der Waals surface area contributed by atoms with E-state index in [2.05, 4.69) is 36.9 Å². The third kappa shape index (κ3) is 5.33. The molecule has 3 aromatic rings. The van der Waals surface area contributed by atoms with Crippen LogP contribution in [0.3, 0.4) is 0 Å². The molecule has 1 aliphatic rings. The van der Waals surface area contributed by atoms with Gasteiger partial charge in [-0.2, -0.15) is 4.98 Å². The highest BCUT2D eigenvalue weighted by Crippen LogP contribution is 2.26. The van der Waals surface area contributed by atoms with E-state index in [1.54, 1.807) is 6.21 Å². The Labute approximate surface area is 182 Å². The first kappa shape index (κ1) is 20.7. The molecule has 1 aromatic carbocycles. The van der Waals surface area contributed by atoms with E-state index in [1.807, 2.05) is 49.6 Å². The lowest BCUT2D eigenvalue weighted by atomic mass is 10.1. The minimum absolute atomic E-state index is 0.0698. The molecule has 0 saturated carbocycles. The van der Waals surface area contributed by atoms with Gasteiger partial charge in [-0.25, -0.2) is 15.0 Å². The van der Waals surface area contributed by atoms with Gasteiger partial charge in [0.2, 0.25) is 11.8 Å². The maximum absolute atomic E-state index is 6.16. The summed E-state index contributed by atoms with van der Waals surface area (Å²) in [5, 5.41) is 4.03. The van der Waals surface area contributed by atoms with Crippen LogP contribution in [0.15, 0.2) is 54.2 Å². The first-order valence-corrected chi connectivity index (χ1v) is 10.5. The van der Waals surface area contributed by atoms with E-state index in [1.165, 1.54) is 6.33 Å². The highest BCUT2D eigenvalue weighted by atomic mass is 16.6. The predicted octanol–water partition coefficient (Wildman–Crippen LogP) is 3.60. The first-order valence-electron chi connectivity index (χ1n) is 10.5. The van der Waals surface area contributed by atoms with Crippen molar-refractivity contribution in [2.75, 3.05) is 18.0 Å². The van der Waals surface area contributed by atoms with Crippen LogP contribution in [-0.2, 0) is 6.42 Å². The van der Waals surface area contributed by atoms with Crippen LogP contribution in [0.2, 0.25) is 0 Å². The molecule has 1 aliphatic heterocycles. The number of ether oxygens (including phenoxy) is 1. The molecule has 3 heterocycles. The lowest BCUT2D eigenvalue weighted by Gasteiger charge is -2.32. The first-order chi connectivity index (χ1) is 15.2. The van der Waals surface area contributed by atoms with Gasteiger partial charge in [0.25, 0.3) is 5.88 Å². The van der Waals surface area contributed by atoms with Gasteiger partial charge in [-0.05, 0) is 24.5 Å². The monoisotopic (exact) mass is 418 g/mol. The van der Waals surface area contributed by atoms with Crippen molar-refractivity contribution in [1.29, 1.82) is 0 Å². The van der Waals surface area contributed by atoms with Gasteiger partial charge < -0.3 is 14.5 Å². The molecular formula is C23H26N6O2. The minimum atomic E-state index is 0.0698. The maximum atomic E-state index is 6.16. The Hall–Kier alpha value is -3.55. The van der Waals surface area contributed by atoms with Gasteiger partial charge in [0.1, 0.15) is 12.4 Å². The van der Waals surface area contributed by atoms with E-state index in [0.717, 1.165) is 55.0 Å². The van der Waals surface area contributed by atoms with Crippen LogP contribution in [0.4, 0.5) is 5.95 Å². The second-order valence-corrected chi connectivity index (χ2v) is 7.39. The SMILES string of the molecule is CCc1cnc(N2CCC(Oc3ncnc(O/N=C/c4ccccc4)c3C)CC2)nc1. The fraction of sp³-hybridized carbons (Fsp3) is 0.348. The number of rotatable bonds is 7. The molecule has 0 atom stereocenters. The number of hydrogen-bond acceptors (Lipinski definition) is 8. The van der Waals surface area contributed by atoms with E-state index >= 15 is 0 Å². The van der Waals surface area contributed by atoms with Crippen LogP contribution >= 0.6 is 0 Å². The smallest absolute Gasteiger partial charge is 0.258 e. The number of anilines is 1. The van der Waals surface area contributed by atoms with Gasteiger partial charge in [0.15, 0.2) is 0 Å². The van der Waals surface area contributed by atoms with Gasteiger partial charge in [-0.15, -0.1) is 0 Å². The van der Waals surface area contributed by atoms with Gasteiger partial charge in [-0.1, -0.05) is 42.4 Å². The maximum Gasteiger partial charge on any atom is 0.258 e. The minimum Gasteiger partial charge on any atom is -0.474 e. The second-order valence-electron chi connectivity index (χ2n) is 7.39. The summed E-state index contributed by atoms with van der Waals surface area (Å²) >= 11 is 0. The molecular weight excluding hydrogens is 392 g/mol. The summed E-state index contributed by atoms with van der Waals surface area (Å²) in [6.45, 7) is 5.65. The lowest BCUT2D eigenvalue weighted by Crippen LogP contribution is -2.39. The molecule has 4 rings (SSSR count). The fourth-order valence-electron chi connectivity index (χ4n) is 3.33. The van der Waals surface area contributed by atoms with Crippen molar-refractivity contribution in [3.8, 4) is 11.8 Å². The van der Waals surface area contributed by atoms with Gasteiger partial charge in [0, 0.05) is 38.3 Å². The van der Waals surface area contributed by atoms with Crippen molar-refractivity contribution in [3.05, 3.63) is 65.7 Å². The molecule has 31 heavy (non-hydrogen) atoms. The summed E-state index contributed by atoms with van der Waals surface area (Å²) in [7, 11) is 0. The molecule has 2 aromatic heterocycles. The average Bonchev–Trinajstić information content (AvgIpc) is 2.83. The molecule has 0 radical (unpaired) electrons. The van der Waals surface area contributed by atoms with Crippen LogP contribution in [0.1, 0.15) is 36.5 Å². The summed E-state index contributed by atoms with van der Waals surface area (Å²) in [5.41, 5.74) is 2.83. The summed E-state index contributed by atoms with van der Waals surface area (Å²) in [5.74, 6) is 1.70. The van der Waals surface area contributed by atoms with Crippen molar-refractivity contribution in [2.24, 2.45) is 5.16 Å². The van der Waals surface area contributed by atoms with E-state index < -0.39 is 0 Å². The quantitative estimate of drug-likeness (QED) is 0.428. The number of oxime groups is 1. The predicted molar refractivity (Wildman–Crippen MR) is 119 cm³/mol. The van der Waals surface area contributed by atoms with E-state index in [-0.39, 0.29) is 6.10 Å². The molecule has 0 unspecified atom stereocenters. The molecule has 0 bridgehead atoms. The Morgan fingerprint density at radius 3 is 2.45 bits per heavy atom. The normalized spacial score (nSPS) is 14.7. The summed E-state index contributed by atoms with van der Waals surface area (Å²) in [6.07, 6.45) is 9.63. The second kappa shape index (κ2) is 9.97. The molecule has 0 aliphatic carbocycles. The van der Waals surface area contributed by atoms with Gasteiger partial charge >= 0.3 is 0 Å². The third-order valence-electron chi connectivity index (χ3n) is 5.24. The number of nitrogens with zero attached hydrogens (tertiary/aromatic N) is 6. The molecule has 0 amide bonds. The standard InChI is InChI=1S/C23H26N6O2/c1-3-18-13-24-23(25-14-18)29-11-9-20(10-12-29)30-21-17(2)22(27-16-26-21)31-28-15-19-7-5-4-6-8-19/h4-8,13-16,20H,3,9-12H2,1-2H3/b28-15+. The molecule has 8 nitrogen and oxygen atoms in total. The van der Waals surface area contributed by atoms with Crippen LogP contribution < -0.4 is 14.5 Å². The van der Waals surface area contributed by atoms with Crippen LogP contribution in [-0.4, -0.2) is 45.3 Å². The number of benzene rings is 1. The zero-order valence-electron chi connectivity index (χ0n) is 17.8. The Balaban J connectivity index is 1.33. The Morgan fingerprint density at radius 1 is 1.03 bits per heavy atom. The molecule has 1 fully saturated rings. The number of piperidine rings is 1. The zero-order valence-corrected chi connectivity index (χ0v) is 17.8. The summed E-state index contributed by atoms with van der Waals surface area (Å²) in [6, 6.07) is 9.74. The number of aromatic nitrogens is 4. The Bertz CT molecular complexity index is 1000. The number of aryl methyl sites for hydroxylation is 1. The van der Waals surface area contributed by atoms with Crippen molar-refractivity contribution >= 4 is 12.2 Å². The van der Waals surface area contributed by atoms with E-state index in [9.17, 15) is 0 Å². The molecule has 160 valence electrons. The molecule has 0 N–H and O–H groups in total. The van der Waals surface area contributed by atoms with Crippen molar-refractivity contribution in [1.82, 2.24) is 19.9 Å². The zero-order chi connectivity index (χ0) is 21.5. The van der Waals surface area contributed by atoms with Crippen molar-refractivity contribution in [2.45, 2.75) is 39.2 Å². The highest BCUT2D eigenvalue weighted by molar-refractivity contribution is 5.78. The molecule has 0 spiro atoms. The Morgan fingerprint density at radius 2 is 1.74 bits per heavy atom. The fourth-order valence-corrected chi connectivity index (χ4v) is 3.33. The van der Waals surface area contributed by atoms with Gasteiger partial charge in [0.05, 0.1) is 11.8 Å². The van der Waals surface area contributed by atoms with Crippen LogP contribution in [0.5, 0.6) is 11.8 Å². The lowest BCUT2D eigenvalue weighted by molar-refractivity contribution is 0.160. The summed E-state index contributed by atoms with van der Waals surface area (Å²) in [4.78, 5) is 25.1. The third-order valence-corrected chi connectivity index (χ3v) is 5.24. The molecule has 1 saturated heterocycles. The Kier molecular flexibility index (Phi) is 6.66.